The van der Waals surface area contributed by atoms with Crippen LogP contribution < -0.4 is 18.9 Å². The maximum Gasteiger partial charge on any atom is 0.172 e. The van der Waals surface area contributed by atoms with Gasteiger partial charge in [-0.25, -0.2) is 9.13 Å². The van der Waals surface area contributed by atoms with Crippen molar-refractivity contribution in [3.8, 4) is 0 Å². The third kappa shape index (κ3) is 10.7. The molecule has 50 heavy (non-hydrogen) atoms. The van der Waals surface area contributed by atoms with Crippen molar-refractivity contribution in [1.82, 2.24) is 0 Å². The maximum atomic E-state index is 2.49. The van der Waals surface area contributed by atoms with Gasteiger partial charge in [0.25, 0.3) is 0 Å². The van der Waals surface area contributed by atoms with Gasteiger partial charge in [-0.15, -0.1) is 0 Å². The molecule has 6 rings (SSSR count). The highest BCUT2D eigenvalue weighted by Gasteiger charge is 2.13. The van der Waals surface area contributed by atoms with E-state index in [1.165, 1.54) is 148 Å². The molecule has 0 radical (unpaired) electrons. The minimum atomic E-state index is 1.11. The second kappa shape index (κ2) is 18.7. The van der Waals surface area contributed by atoms with Gasteiger partial charge in [0.15, 0.2) is 24.8 Å². The van der Waals surface area contributed by atoms with Crippen LogP contribution in [0.1, 0.15) is 110 Å². The topological polar surface area (TPSA) is 14.2 Å². The Morgan fingerprint density at radius 2 is 0.820 bits per heavy atom. The maximum absolute atomic E-state index is 2.49. The van der Waals surface area contributed by atoms with E-state index in [2.05, 4.69) is 143 Å². The summed E-state index contributed by atoms with van der Waals surface area (Å²) in [5.41, 5.74) is 10.5. The Balaban J connectivity index is 0.812. The van der Waals surface area contributed by atoms with E-state index < -0.39 is 0 Å². The Bertz CT molecular complexity index is 1550. The van der Waals surface area contributed by atoms with Gasteiger partial charge in [-0.05, 0) is 98.9 Å². The Morgan fingerprint density at radius 1 is 0.460 bits per heavy atom. The van der Waals surface area contributed by atoms with Crippen LogP contribution in [-0.2, 0) is 13.1 Å². The van der Waals surface area contributed by atoms with Gasteiger partial charge in [-0.3, -0.25) is 0 Å². The van der Waals surface area contributed by atoms with Crippen molar-refractivity contribution in [1.29, 1.82) is 0 Å². The molecule has 0 aliphatic carbocycles. The number of anilines is 2. The summed E-state index contributed by atoms with van der Waals surface area (Å²) in [6.45, 7) is 11.5. The number of nitrogens with zero attached hydrogens (tertiary/aromatic N) is 4. The van der Waals surface area contributed by atoms with E-state index in [1.54, 1.807) is 0 Å². The summed E-state index contributed by atoms with van der Waals surface area (Å²) in [6.07, 6.45) is 34.0. The first-order valence-electron chi connectivity index (χ1n) is 19.7. The van der Waals surface area contributed by atoms with Crippen LogP contribution in [0.4, 0.5) is 11.4 Å². The van der Waals surface area contributed by atoms with E-state index in [9.17, 15) is 0 Å². The molecule has 0 amide bonds. The molecule has 2 aliphatic rings. The molecule has 0 unspecified atom stereocenters. The second-order valence-electron chi connectivity index (χ2n) is 14.7. The van der Waals surface area contributed by atoms with Gasteiger partial charge >= 0.3 is 0 Å². The second-order valence-corrected chi connectivity index (χ2v) is 14.7. The lowest BCUT2D eigenvalue weighted by Gasteiger charge is -2.17. The molecule has 262 valence electrons. The third-order valence-corrected chi connectivity index (χ3v) is 10.7. The number of pyridine rings is 2. The van der Waals surface area contributed by atoms with Crippen LogP contribution in [-0.4, -0.2) is 26.2 Å². The predicted octanol–water partition coefficient (Wildman–Crippen LogP) is 10.2. The summed E-state index contributed by atoms with van der Waals surface area (Å²) in [4.78, 5) is 4.98. The molecule has 0 bridgehead atoms. The summed E-state index contributed by atoms with van der Waals surface area (Å²) >= 11 is 0. The lowest BCUT2D eigenvalue weighted by Crippen LogP contribution is -2.33. The summed E-state index contributed by atoms with van der Waals surface area (Å²) in [6, 6.07) is 22.6. The number of rotatable bonds is 17. The van der Waals surface area contributed by atoms with Gasteiger partial charge in [0.1, 0.15) is 13.1 Å². The summed E-state index contributed by atoms with van der Waals surface area (Å²) in [5, 5.41) is 0. The van der Waals surface area contributed by atoms with Gasteiger partial charge in [-0.1, -0.05) is 74.3 Å². The molecular formula is C46H60N4+2. The average molecular weight is 669 g/mol. The van der Waals surface area contributed by atoms with Crippen molar-refractivity contribution in [2.45, 2.75) is 104 Å². The first-order valence-corrected chi connectivity index (χ1v) is 19.7. The largest absolute Gasteiger partial charge is 0.372 e. The van der Waals surface area contributed by atoms with Crippen LogP contribution in [0.15, 0.2) is 85.5 Å². The predicted molar refractivity (Wildman–Crippen MR) is 213 cm³/mol. The van der Waals surface area contributed by atoms with Gasteiger partial charge in [0.2, 0.25) is 0 Å². The number of benzene rings is 2. The Hall–Kier alpha value is -4.18. The third-order valence-electron chi connectivity index (χ3n) is 10.7. The van der Waals surface area contributed by atoms with E-state index in [-0.39, 0.29) is 0 Å². The van der Waals surface area contributed by atoms with Crippen LogP contribution in [0.2, 0.25) is 0 Å². The molecule has 0 atom stereocenters. The molecule has 4 nitrogen and oxygen atoms in total. The highest BCUT2D eigenvalue weighted by atomic mass is 15.1. The molecule has 2 aliphatic heterocycles. The van der Waals surface area contributed by atoms with Gasteiger partial charge in [-0.2, -0.15) is 0 Å². The van der Waals surface area contributed by atoms with Crippen LogP contribution in [0.5, 0.6) is 0 Å². The van der Waals surface area contributed by atoms with Crippen molar-refractivity contribution < 1.29 is 9.13 Å². The van der Waals surface area contributed by atoms with E-state index in [0.717, 1.165) is 13.1 Å². The molecule has 2 fully saturated rings. The Kier molecular flexibility index (Phi) is 13.3. The first-order chi connectivity index (χ1) is 24.6. The van der Waals surface area contributed by atoms with Crippen LogP contribution in [0, 0.1) is 13.8 Å². The van der Waals surface area contributed by atoms with Gasteiger partial charge in [0.05, 0.1) is 0 Å². The fourth-order valence-corrected chi connectivity index (χ4v) is 7.56. The summed E-state index contributed by atoms with van der Waals surface area (Å²) < 4.78 is 4.74. The molecule has 0 saturated carbocycles. The Labute approximate surface area is 302 Å². The highest BCUT2D eigenvalue weighted by molar-refractivity contribution is 5.72. The smallest absolute Gasteiger partial charge is 0.172 e. The molecule has 0 N–H and O–H groups in total. The fourth-order valence-electron chi connectivity index (χ4n) is 7.56. The first kappa shape index (κ1) is 35.6. The van der Waals surface area contributed by atoms with Crippen molar-refractivity contribution >= 4 is 35.7 Å². The van der Waals surface area contributed by atoms with Crippen LogP contribution in [0.3, 0.4) is 0 Å². The highest BCUT2D eigenvalue weighted by Crippen LogP contribution is 2.23. The molecule has 0 spiro atoms. The van der Waals surface area contributed by atoms with Crippen molar-refractivity contribution in [2.24, 2.45) is 0 Å². The standard InChI is InChI=1S/C46H60N4/c1-39-37-47(35-27-43(39)21-15-41-17-23-45(24-18-41)49-31-11-12-32-49)29-9-7-5-3-4-6-8-10-30-48-36-28-44(40(2)38-48)22-16-42-19-25-46(26-20-42)50-33-13-14-34-50/h15-28,35-38H,3-14,29-34H2,1-2H3/q+2. The molecule has 4 heteroatoms. The normalized spacial score (nSPS) is 14.9. The zero-order chi connectivity index (χ0) is 34.4. The van der Waals surface area contributed by atoms with E-state index in [1.807, 2.05) is 0 Å². The van der Waals surface area contributed by atoms with Crippen molar-refractivity contribution in [3.63, 3.8) is 0 Å². The lowest BCUT2D eigenvalue weighted by molar-refractivity contribution is -0.697. The SMILES string of the molecule is Cc1c[n+](CCCCCCCCCC[n+]2ccc(/C=C/c3ccc(N4CCCC4)cc3)c(C)c2)ccc1/C=C/c1ccc(N2CCCC2)cc1. The average Bonchev–Trinajstić information content (AvgIpc) is 3.88. The lowest BCUT2D eigenvalue weighted by atomic mass is 10.1. The van der Waals surface area contributed by atoms with E-state index in [4.69, 9.17) is 0 Å². The number of hydrogen-bond donors (Lipinski definition) is 0. The summed E-state index contributed by atoms with van der Waals surface area (Å²) in [7, 11) is 0. The minimum Gasteiger partial charge on any atom is -0.372 e. The fraction of sp³-hybridized carbons (Fsp3) is 0.435. The number of aryl methyl sites for hydroxylation is 4. The minimum absolute atomic E-state index is 1.11. The van der Waals surface area contributed by atoms with Crippen molar-refractivity contribution in [3.05, 3.63) is 119 Å². The van der Waals surface area contributed by atoms with E-state index in [0.29, 0.717) is 0 Å². The number of aromatic nitrogens is 2. The zero-order valence-electron chi connectivity index (χ0n) is 30.9. The summed E-state index contributed by atoms with van der Waals surface area (Å²) in [5.74, 6) is 0. The quantitative estimate of drug-likeness (QED) is 0.0821. The van der Waals surface area contributed by atoms with Gasteiger partial charge in [0, 0.05) is 73.7 Å². The van der Waals surface area contributed by atoms with Crippen LogP contribution >= 0.6 is 0 Å². The molecule has 4 heterocycles. The molecule has 4 aromatic rings. The van der Waals surface area contributed by atoms with Gasteiger partial charge < -0.3 is 9.80 Å². The zero-order valence-corrected chi connectivity index (χ0v) is 30.9. The molecule has 2 aromatic carbocycles. The Morgan fingerprint density at radius 3 is 1.18 bits per heavy atom. The molecule has 2 saturated heterocycles. The van der Waals surface area contributed by atoms with E-state index >= 15 is 0 Å². The molecular weight excluding hydrogens is 609 g/mol. The van der Waals surface area contributed by atoms with Crippen molar-refractivity contribution in [2.75, 3.05) is 36.0 Å². The monoisotopic (exact) mass is 668 g/mol. The molecule has 2 aromatic heterocycles. The van der Waals surface area contributed by atoms with Crippen LogP contribution in [0.25, 0.3) is 24.3 Å². The number of unbranched alkanes of at least 4 members (excludes halogenated alkanes) is 7. The number of hydrogen-bond acceptors (Lipinski definition) is 2.